The van der Waals surface area contributed by atoms with E-state index in [0.29, 0.717) is 16.4 Å². The van der Waals surface area contributed by atoms with Crippen LogP contribution in [0.5, 0.6) is 0 Å². The number of carbonyl (C=O) groups is 1. The van der Waals surface area contributed by atoms with Crippen LogP contribution in [0.2, 0.25) is 0 Å². The van der Waals surface area contributed by atoms with Crippen molar-refractivity contribution in [1.29, 1.82) is 0 Å². The third kappa shape index (κ3) is 2.43. The molecule has 3 aromatic rings. The summed E-state index contributed by atoms with van der Waals surface area (Å²) in [7, 11) is 0. The average Bonchev–Trinajstić information content (AvgIpc) is 3.04. The lowest BCUT2D eigenvalue weighted by molar-refractivity contribution is 0.0697. The van der Waals surface area contributed by atoms with Gasteiger partial charge in [0, 0.05) is 0 Å². The first kappa shape index (κ1) is 11.7. The summed E-state index contributed by atoms with van der Waals surface area (Å²) >= 11 is 1.47. The number of carboxylic acids is 1. The summed E-state index contributed by atoms with van der Waals surface area (Å²) in [5, 5.41) is 16.1. The quantitative estimate of drug-likeness (QED) is 0.625. The number of aromatic carboxylic acids is 1. The van der Waals surface area contributed by atoms with Crippen molar-refractivity contribution in [3.63, 3.8) is 0 Å². The van der Waals surface area contributed by atoms with Crippen molar-refractivity contribution in [2.45, 2.75) is 10.9 Å². The van der Waals surface area contributed by atoms with Crippen LogP contribution in [-0.2, 0) is 5.75 Å². The molecule has 0 saturated carbocycles. The predicted molar refractivity (Wildman–Crippen MR) is 69.0 cm³/mol. The van der Waals surface area contributed by atoms with Gasteiger partial charge in [-0.15, -0.1) is 0 Å². The van der Waals surface area contributed by atoms with Crippen molar-refractivity contribution < 1.29 is 9.90 Å². The van der Waals surface area contributed by atoms with Gasteiger partial charge >= 0.3 is 5.97 Å². The maximum absolute atomic E-state index is 10.9. The number of imidazole rings is 1. The van der Waals surface area contributed by atoms with Gasteiger partial charge in [-0.05, 0) is 18.2 Å². The standard InChI is InChI=1S/C11H9N5O2S/c17-10(18)6-1-2-7-8(3-6)15-9(14-7)4-19-11-12-5-13-16-11/h1-3,5H,4H2,(H,14,15)(H,17,18)(H,12,13,16). The zero-order chi connectivity index (χ0) is 13.2. The van der Waals surface area contributed by atoms with Crippen LogP contribution in [0, 0.1) is 0 Å². The minimum absolute atomic E-state index is 0.241. The summed E-state index contributed by atoms with van der Waals surface area (Å²) in [6.07, 6.45) is 1.44. The number of hydrogen-bond acceptors (Lipinski definition) is 5. The summed E-state index contributed by atoms with van der Waals surface area (Å²) in [4.78, 5) is 22.4. The number of fused-ring (bicyclic) bond motifs is 1. The molecule has 0 amide bonds. The first-order valence-electron chi connectivity index (χ1n) is 5.42. The van der Waals surface area contributed by atoms with Gasteiger partial charge in [0.15, 0.2) is 5.16 Å². The molecule has 0 saturated heterocycles. The van der Waals surface area contributed by atoms with Gasteiger partial charge in [0.05, 0.1) is 22.3 Å². The van der Waals surface area contributed by atoms with E-state index in [9.17, 15) is 4.79 Å². The number of H-pyrrole nitrogens is 2. The molecule has 0 atom stereocenters. The van der Waals surface area contributed by atoms with Crippen molar-refractivity contribution in [1.82, 2.24) is 25.1 Å². The number of hydrogen-bond donors (Lipinski definition) is 3. The summed E-state index contributed by atoms with van der Waals surface area (Å²) < 4.78 is 0. The van der Waals surface area contributed by atoms with Crippen LogP contribution in [0.3, 0.4) is 0 Å². The minimum atomic E-state index is -0.950. The van der Waals surface area contributed by atoms with Crippen molar-refractivity contribution in [3.8, 4) is 0 Å². The van der Waals surface area contributed by atoms with Gasteiger partial charge in [-0.2, -0.15) is 5.10 Å². The van der Waals surface area contributed by atoms with Crippen LogP contribution in [-0.4, -0.2) is 36.2 Å². The highest BCUT2D eigenvalue weighted by Crippen LogP contribution is 2.20. The highest BCUT2D eigenvalue weighted by Gasteiger charge is 2.08. The fraction of sp³-hybridized carbons (Fsp3) is 0.0909. The minimum Gasteiger partial charge on any atom is -0.478 e. The number of nitrogens with one attached hydrogen (secondary N) is 2. The Hall–Kier alpha value is -2.35. The van der Waals surface area contributed by atoms with Crippen LogP contribution in [0.4, 0.5) is 0 Å². The molecular weight excluding hydrogens is 266 g/mol. The number of aromatic nitrogens is 5. The maximum atomic E-state index is 10.9. The monoisotopic (exact) mass is 275 g/mol. The molecule has 0 aliphatic rings. The van der Waals surface area contributed by atoms with Gasteiger partial charge in [0.2, 0.25) is 0 Å². The highest BCUT2D eigenvalue weighted by atomic mass is 32.2. The van der Waals surface area contributed by atoms with Gasteiger partial charge in [-0.25, -0.2) is 14.8 Å². The molecule has 0 aliphatic heterocycles. The molecule has 1 aromatic carbocycles. The Morgan fingerprint density at radius 2 is 2.32 bits per heavy atom. The lowest BCUT2D eigenvalue weighted by Crippen LogP contribution is -1.94. The van der Waals surface area contributed by atoms with Crippen LogP contribution in [0.25, 0.3) is 11.0 Å². The van der Waals surface area contributed by atoms with Crippen molar-refractivity contribution in [2.24, 2.45) is 0 Å². The molecule has 0 radical (unpaired) electrons. The first-order valence-corrected chi connectivity index (χ1v) is 6.41. The van der Waals surface area contributed by atoms with Crippen LogP contribution < -0.4 is 0 Å². The molecule has 3 rings (SSSR count). The van der Waals surface area contributed by atoms with Gasteiger partial charge in [-0.1, -0.05) is 11.8 Å². The van der Waals surface area contributed by atoms with E-state index in [1.807, 2.05) is 0 Å². The van der Waals surface area contributed by atoms with E-state index in [4.69, 9.17) is 5.11 Å². The second-order valence-corrected chi connectivity index (χ2v) is 4.76. The number of rotatable bonds is 4. The van der Waals surface area contributed by atoms with Gasteiger partial charge in [-0.3, -0.25) is 5.10 Å². The summed E-state index contributed by atoms with van der Waals surface area (Å²) in [5.41, 5.74) is 1.71. The van der Waals surface area contributed by atoms with Gasteiger partial charge in [0.1, 0.15) is 12.2 Å². The fourth-order valence-corrected chi connectivity index (χ4v) is 2.31. The van der Waals surface area contributed by atoms with E-state index >= 15 is 0 Å². The van der Waals surface area contributed by atoms with Crippen molar-refractivity contribution >= 4 is 28.8 Å². The second-order valence-electron chi connectivity index (χ2n) is 3.80. The number of benzene rings is 1. The smallest absolute Gasteiger partial charge is 0.335 e. The Balaban J connectivity index is 1.83. The lowest BCUT2D eigenvalue weighted by Gasteiger charge is -1.93. The van der Waals surface area contributed by atoms with Crippen LogP contribution >= 0.6 is 11.8 Å². The van der Waals surface area contributed by atoms with Crippen molar-refractivity contribution in [2.75, 3.05) is 0 Å². The normalized spacial score (nSPS) is 10.9. The molecule has 19 heavy (non-hydrogen) atoms. The summed E-state index contributed by atoms with van der Waals surface area (Å²) in [6, 6.07) is 4.81. The largest absolute Gasteiger partial charge is 0.478 e. The van der Waals surface area contributed by atoms with Crippen LogP contribution in [0.1, 0.15) is 16.2 Å². The molecule has 0 spiro atoms. The molecule has 0 aliphatic carbocycles. The summed E-state index contributed by atoms with van der Waals surface area (Å²) in [6.45, 7) is 0. The Labute approximate surface area is 111 Å². The SMILES string of the molecule is O=C(O)c1ccc2nc(CSc3ncn[nH]3)[nH]c2c1. The molecular formula is C11H9N5O2S. The Bertz CT molecular complexity index is 722. The molecule has 2 heterocycles. The number of carboxylic acid groups (broad SMARTS) is 1. The van der Waals surface area contributed by atoms with E-state index < -0.39 is 5.97 Å². The van der Waals surface area contributed by atoms with E-state index in [1.165, 1.54) is 18.1 Å². The Morgan fingerprint density at radius 3 is 3.05 bits per heavy atom. The first-order chi connectivity index (χ1) is 9.22. The molecule has 8 heteroatoms. The highest BCUT2D eigenvalue weighted by molar-refractivity contribution is 7.98. The molecule has 96 valence electrons. The zero-order valence-electron chi connectivity index (χ0n) is 9.62. The predicted octanol–water partition coefficient (Wildman–Crippen LogP) is 1.67. The third-order valence-electron chi connectivity index (χ3n) is 2.52. The Kier molecular flexibility index (Phi) is 2.92. The number of nitrogens with zero attached hydrogens (tertiary/aromatic N) is 3. The number of thioether (sulfide) groups is 1. The zero-order valence-corrected chi connectivity index (χ0v) is 10.4. The lowest BCUT2D eigenvalue weighted by atomic mass is 10.2. The molecule has 0 fully saturated rings. The molecule has 2 aromatic heterocycles. The number of aromatic amines is 2. The molecule has 0 unspecified atom stereocenters. The van der Waals surface area contributed by atoms with Gasteiger partial charge < -0.3 is 10.1 Å². The molecule has 0 bridgehead atoms. The van der Waals surface area contributed by atoms with Crippen molar-refractivity contribution in [3.05, 3.63) is 35.9 Å². The van der Waals surface area contributed by atoms with Crippen LogP contribution in [0.15, 0.2) is 29.7 Å². The maximum Gasteiger partial charge on any atom is 0.335 e. The van der Waals surface area contributed by atoms with Gasteiger partial charge in [0.25, 0.3) is 0 Å². The van der Waals surface area contributed by atoms with E-state index in [-0.39, 0.29) is 5.56 Å². The third-order valence-corrected chi connectivity index (χ3v) is 3.40. The molecule has 7 nitrogen and oxygen atoms in total. The Morgan fingerprint density at radius 1 is 1.42 bits per heavy atom. The summed E-state index contributed by atoms with van der Waals surface area (Å²) in [5.74, 6) is 0.416. The van der Waals surface area contributed by atoms with E-state index in [2.05, 4.69) is 25.1 Å². The van der Waals surface area contributed by atoms with E-state index in [1.54, 1.807) is 18.2 Å². The molecule has 3 N–H and O–H groups in total. The second kappa shape index (κ2) is 4.73. The average molecular weight is 275 g/mol. The van der Waals surface area contributed by atoms with E-state index in [0.717, 1.165) is 11.3 Å². The topological polar surface area (TPSA) is 108 Å². The fourth-order valence-electron chi connectivity index (χ4n) is 1.66.